The Morgan fingerprint density at radius 3 is 2.13 bits per heavy atom. The fraction of sp³-hybridized carbons (Fsp3) is 0.375. The van der Waals surface area contributed by atoms with Gasteiger partial charge in [-0.2, -0.15) is 0 Å². The van der Waals surface area contributed by atoms with E-state index in [2.05, 4.69) is 22.8 Å². The van der Waals surface area contributed by atoms with Crippen LogP contribution in [0.1, 0.15) is 50.2 Å². The lowest BCUT2D eigenvalue weighted by molar-refractivity contribution is -0.142. The van der Waals surface area contributed by atoms with Gasteiger partial charge in [0.25, 0.3) is 0 Å². The van der Waals surface area contributed by atoms with Crippen molar-refractivity contribution >= 4 is 18.0 Å². The number of hydrogen-bond donors (Lipinski definition) is 3. The number of alkyl carbamates (subject to hydrolysis) is 1. The van der Waals surface area contributed by atoms with Crippen LogP contribution in [0.15, 0.2) is 48.5 Å². The van der Waals surface area contributed by atoms with E-state index in [1.165, 1.54) is 0 Å². The summed E-state index contributed by atoms with van der Waals surface area (Å²) in [6.45, 7) is 3.72. The van der Waals surface area contributed by atoms with E-state index >= 15 is 0 Å². The topological polar surface area (TPSA) is 105 Å². The Morgan fingerprint density at radius 1 is 1.00 bits per heavy atom. The minimum Gasteiger partial charge on any atom is -0.480 e. The average molecular weight is 424 g/mol. The molecule has 0 aromatic heterocycles. The molecule has 164 valence electrons. The molecule has 3 N–H and O–H groups in total. The SMILES string of the molecule is CCC[C@@H](NC(=O)C[C@H](C)NC(=O)OCC1c2ccccc2-c2ccccc21)C(=O)O. The van der Waals surface area contributed by atoms with Gasteiger partial charge in [-0.3, -0.25) is 4.79 Å². The third kappa shape index (κ3) is 5.42. The molecular weight excluding hydrogens is 396 g/mol. The molecule has 0 bridgehead atoms. The molecule has 1 aliphatic carbocycles. The summed E-state index contributed by atoms with van der Waals surface area (Å²) in [7, 11) is 0. The number of rotatable bonds is 9. The molecule has 0 saturated carbocycles. The van der Waals surface area contributed by atoms with Crippen LogP contribution in [0, 0.1) is 0 Å². The summed E-state index contributed by atoms with van der Waals surface area (Å²) in [5, 5.41) is 14.3. The fourth-order valence-electron chi connectivity index (χ4n) is 3.97. The highest BCUT2D eigenvalue weighted by molar-refractivity contribution is 5.84. The van der Waals surface area contributed by atoms with Crippen LogP contribution in [0.2, 0.25) is 0 Å². The molecule has 0 unspecified atom stereocenters. The van der Waals surface area contributed by atoms with Gasteiger partial charge in [0.15, 0.2) is 0 Å². The maximum Gasteiger partial charge on any atom is 0.407 e. The van der Waals surface area contributed by atoms with Crippen LogP contribution in [0.25, 0.3) is 11.1 Å². The first-order valence-electron chi connectivity index (χ1n) is 10.5. The number of carbonyl (C=O) groups is 3. The van der Waals surface area contributed by atoms with Gasteiger partial charge in [0.05, 0.1) is 0 Å². The van der Waals surface area contributed by atoms with Gasteiger partial charge in [0.1, 0.15) is 12.6 Å². The van der Waals surface area contributed by atoms with Crippen molar-refractivity contribution in [1.82, 2.24) is 10.6 Å². The van der Waals surface area contributed by atoms with Crippen molar-refractivity contribution in [2.24, 2.45) is 0 Å². The Labute approximate surface area is 181 Å². The van der Waals surface area contributed by atoms with Crippen LogP contribution < -0.4 is 10.6 Å². The maximum atomic E-state index is 12.3. The van der Waals surface area contributed by atoms with Crippen molar-refractivity contribution in [3.05, 3.63) is 59.7 Å². The van der Waals surface area contributed by atoms with Crippen molar-refractivity contribution in [3.63, 3.8) is 0 Å². The Morgan fingerprint density at radius 2 is 1.58 bits per heavy atom. The minimum absolute atomic E-state index is 0.0301. The smallest absolute Gasteiger partial charge is 0.407 e. The van der Waals surface area contributed by atoms with Crippen molar-refractivity contribution in [3.8, 4) is 11.1 Å². The number of amides is 2. The van der Waals surface area contributed by atoms with Gasteiger partial charge in [0.2, 0.25) is 5.91 Å². The van der Waals surface area contributed by atoms with Crippen LogP contribution in [0.5, 0.6) is 0 Å². The van der Waals surface area contributed by atoms with E-state index in [0.29, 0.717) is 12.8 Å². The second-order valence-electron chi connectivity index (χ2n) is 7.82. The summed E-state index contributed by atoms with van der Waals surface area (Å²) in [6, 6.07) is 14.7. The molecule has 0 radical (unpaired) electrons. The zero-order valence-corrected chi connectivity index (χ0v) is 17.8. The van der Waals surface area contributed by atoms with Gasteiger partial charge in [-0.15, -0.1) is 0 Å². The van der Waals surface area contributed by atoms with Gasteiger partial charge < -0.3 is 20.5 Å². The standard InChI is InChI=1S/C24H28N2O5/c1-3-8-21(23(28)29)26-22(27)13-15(2)25-24(30)31-14-20-18-11-6-4-9-16(18)17-10-5-7-12-19(17)20/h4-7,9-12,15,20-21H,3,8,13-14H2,1-2H3,(H,25,30)(H,26,27)(H,28,29)/t15-,21+/m0/s1. The van der Waals surface area contributed by atoms with Crippen LogP contribution >= 0.6 is 0 Å². The molecule has 2 amide bonds. The molecule has 7 nitrogen and oxygen atoms in total. The van der Waals surface area contributed by atoms with Gasteiger partial charge in [-0.1, -0.05) is 61.9 Å². The first-order chi connectivity index (χ1) is 14.9. The normalized spacial score (nSPS) is 14.1. The first kappa shape index (κ1) is 22.3. The lowest BCUT2D eigenvalue weighted by Gasteiger charge is -2.18. The molecule has 0 fully saturated rings. The second kappa shape index (κ2) is 10.1. The summed E-state index contributed by atoms with van der Waals surface area (Å²) >= 11 is 0. The molecule has 0 spiro atoms. The van der Waals surface area contributed by atoms with E-state index in [0.717, 1.165) is 22.3 Å². The van der Waals surface area contributed by atoms with Crippen LogP contribution in [-0.4, -0.2) is 41.8 Å². The van der Waals surface area contributed by atoms with Crippen LogP contribution in [0.3, 0.4) is 0 Å². The van der Waals surface area contributed by atoms with Crippen molar-refractivity contribution < 1.29 is 24.2 Å². The number of carboxylic acids is 1. The number of carboxylic acid groups (broad SMARTS) is 1. The zero-order chi connectivity index (χ0) is 22.4. The Balaban J connectivity index is 1.52. The molecule has 7 heteroatoms. The summed E-state index contributed by atoms with van der Waals surface area (Å²) in [6.07, 6.45) is 0.364. The van der Waals surface area contributed by atoms with Crippen molar-refractivity contribution in [1.29, 1.82) is 0 Å². The first-order valence-corrected chi connectivity index (χ1v) is 10.5. The molecule has 0 aliphatic heterocycles. The van der Waals surface area contributed by atoms with E-state index < -0.39 is 30.1 Å². The summed E-state index contributed by atoms with van der Waals surface area (Å²) in [5.74, 6) is -1.53. The minimum atomic E-state index is -1.06. The lowest BCUT2D eigenvalue weighted by atomic mass is 9.98. The highest BCUT2D eigenvalue weighted by Gasteiger charge is 2.29. The highest BCUT2D eigenvalue weighted by Crippen LogP contribution is 2.44. The largest absolute Gasteiger partial charge is 0.480 e. The molecule has 1 aliphatic rings. The number of benzene rings is 2. The quantitative estimate of drug-likeness (QED) is 0.570. The number of nitrogens with one attached hydrogen (secondary N) is 2. The van der Waals surface area contributed by atoms with Crippen LogP contribution in [0.4, 0.5) is 4.79 Å². The summed E-state index contributed by atoms with van der Waals surface area (Å²) < 4.78 is 5.47. The van der Waals surface area contributed by atoms with Gasteiger partial charge in [0, 0.05) is 18.4 Å². The Hall–Kier alpha value is -3.35. The third-order valence-corrected chi connectivity index (χ3v) is 5.41. The fourth-order valence-corrected chi connectivity index (χ4v) is 3.97. The summed E-state index contributed by atoms with van der Waals surface area (Å²) in [4.78, 5) is 35.6. The average Bonchev–Trinajstić information content (AvgIpc) is 3.05. The van der Waals surface area contributed by atoms with E-state index in [4.69, 9.17) is 9.84 Å². The third-order valence-electron chi connectivity index (χ3n) is 5.41. The van der Waals surface area contributed by atoms with Crippen molar-refractivity contribution in [2.45, 2.75) is 51.1 Å². The second-order valence-corrected chi connectivity index (χ2v) is 7.82. The number of ether oxygens (including phenoxy) is 1. The molecule has 0 saturated heterocycles. The van der Waals surface area contributed by atoms with E-state index in [1.807, 2.05) is 43.3 Å². The molecule has 31 heavy (non-hydrogen) atoms. The Kier molecular flexibility index (Phi) is 7.28. The number of fused-ring (bicyclic) bond motifs is 3. The van der Waals surface area contributed by atoms with Gasteiger partial charge in [-0.05, 0) is 35.6 Å². The molecule has 0 heterocycles. The van der Waals surface area contributed by atoms with E-state index in [-0.39, 0.29) is 18.9 Å². The molecule has 2 aromatic rings. The van der Waals surface area contributed by atoms with Crippen LogP contribution in [-0.2, 0) is 14.3 Å². The Bertz CT molecular complexity index is 913. The van der Waals surface area contributed by atoms with Gasteiger partial charge in [-0.25, -0.2) is 9.59 Å². The van der Waals surface area contributed by atoms with Crippen molar-refractivity contribution in [2.75, 3.05) is 6.61 Å². The molecular formula is C24H28N2O5. The molecule has 2 atom stereocenters. The maximum absolute atomic E-state index is 12.3. The highest BCUT2D eigenvalue weighted by atomic mass is 16.5. The monoisotopic (exact) mass is 424 g/mol. The molecule has 2 aromatic carbocycles. The lowest BCUT2D eigenvalue weighted by Crippen LogP contribution is -2.44. The van der Waals surface area contributed by atoms with E-state index in [1.54, 1.807) is 6.92 Å². The number of carbonyl (C=O) groups excluding carboxylic acids is 2. The van der Waals surface area contributed by atoms with E-state index in [9.17, 15) is 14.4 Å². The molecule has 3 rings (SSSR count). The number of aliphatic carboxylic acids is 1. The predicted molar refractivity (Wildman–Crippen MR) is 117 cm³/mol. The predicted octanol–water partition coefficient (Wildman–Crippen LogP) is 3.67. The zero-order valence-electron chi connectivity index (χ0n) is 17.8. The number of hydrogen-bond acceptors (Lipinski definition) is 4. The summed E-state index contributed by atoms with van der Waals surface area (Å²) in [5.41, 5.74) is 4.55. The van der Waals surface area contributed by atoms with Gasteiger partial charge >= 0.3 is 12.1 Å².